The van der Waals surface area contributed by atoms with Crippen LogP contribution >= 0.6 is 0 Å². The fraction of sp³-hybridized carbons (Fsp3) is 0.455. The van der Waals surface area contributed by atoms with Crippen LogP contribution in [0.4, 0.5) is 18.9 Å². The Balaban J connectivity index is 2.13. The number of halogens is 3. The Labute approximate surface area is 91.8 Å². The van der Waals surface area contributed by atoms with Gasteiger partial charge in [0.25, 0.3) is 0 Å². The van der Waals surface area contributed by atoms with E-state index in [-0.39, 0.29) is 11.7 Å². The molecular weight excluding hydrogens is 217 g/mol. The Morgan fingerprint density at radius 2 is 1.81 bits per heavy atom. The van der Waals surface area contributed by atoms with Gasteiger partial charge in [0, 0.05) is 18.2 Å². The summed E-state index contributed by atoms with van der Waals surface area (Å²) >= 11 is 0. The van der Waals surface area contributed by atoms with Crippen LogP contribution in [0.5, 0.6) is 0 Å². The van der Waals surface area contributed by atoms with Crippen molar-refractivity contribution in [2.45, 2.75) is 18.9 Å². The summed E-state index contributed by atoms with van der Waals surface area (Å²) in [6, 6.07) is 1.60. The van der Waals surface area contributed by atoms with Crippen molar-refractivity contribution in [2.24, 2.45) is 0 Å². The predicted octanol–water partition coefficient (Wildman–Crippen LogP) is 2.27. The van der Waals surface area contributed by atoms with E-state index in [0.29, 0.717) is 6.07 Å². The molecule has 1 saturated heterocycles. The van der Waals surface area contributed by atoms with Crippen LogP contribution in [0.3, 0.4) is 0 Å². The van der Waals surface area contributed by atoms with Crippen LogP contribution in [0, 0.1) is 17.5 Å². The molecule has 2 nitrogen and oxygen atoms in total. The van der Waals surface area contributed by atoms with E-state index in [1.807, 2.05) is 0 Å². The van der Waals surface area contributed by atoms with Crippen molar-refractivity contribution in [3.05, 3.63) is 29.6 Å². The number of hydrogen-bond donors (Lipinski definition) is 2. The summed E-state index contributed by atoms with van der Waals surface area (Å²) in [6.45, 7) is 1.66. The zero-order valence-electron chi connectivity index (χ0n) is 8.69. The molecule has 5 heteroatoms. The first-order valence-corrected chi connectivity index (χ1v) is 5.28. The number of rotatable bonds is 2. The van der Waals surface area contributed by atoms with Crippen molar-refractivity contribution >= 4 is 5.69 Å². The monoisotopic (exact) mass is 230 g/mol. The maximum Gasteiger partial charge on any atom is 0.182 e. The molecule has 1 aliphatic rings. The normalized spacial score (nSPS) is 17.4. The minimum absolute atomic E-state index is 0.0666. The molecule has 0 atom stereocenters. The lowest BCUT2D eigenvalue weighted by Crippen LogP contribution is -2.35. The zero-order valence-corrected chi connectivity index (χ0v) is 8.69. The van der Waals surface area contributed by atoms with E-state index in [4.69, 9.17) is 0 Å². The minimum Gasteiger partial charge on any atom is -0.380 e. The molecule has 1 heterocycles. The summed E-state index contributed by atoms with van der Waals surface area (Å²) < 4.78 is 39.1. The van der Waals surface area contributed by atoms with Crippen molar-refractivity contribution in [3.8, 4) is 0 Å². The number of piperidine rings is 1. The van der Waals surface area contributed by atoms with Gasteiger partial charge >= 0.3 is 0 Å². The maximum absolute atomic E-state index is 13.3. The average molecular weight is 230 g/mol. The lowest BCUT2D eigenvalue weighted by atomic mass is 10.1. The SMILES string of the molecule is Fc1cc(F)c(F)c(NC2CCNCC2)c1. The molecule has 1 fully saturated rings. The Morgan fingerprint density at radius 1 is 1.12 bits per heavy atom. The predicted molar refractivity (Wildman–Crippen MR) is 55.8 cm³/mol. The molecule has 2 rings (SSSR count). The molecule has 0 unspecified atom stereocenters. The van der Waals surface area contributed by atoms with Gasteiger partial charge in [-0.1, -0.05) is 0 Å². The summed E-state index contributed by atoms with van der Waals surface area (Å²) in [7, 11) is 0. The molecule has 2 N–H and O–H groups in total. The van der Waals surface area contributed by atoms with Gasteiger partial charge in [-0.25, -0.2) is 13.2 Å². The highest BCUT2D eigenvalue weighted by Crippen LogP contribution is 2.21. The first kappa shape index (κ1) is 11.3. The lowest BCUT2D eigenvalue weighted by molar-refractivity contribution is 0.468. The summed E-state index contributed by atoms with van der Waals surface area (Å²) in [6.07, 6.45) is 1.63. The Kier molecular flexibility index (Phi) is 3.33. The summed E-state index contributed by atoms with van der Waals surface area (Å²) in [4.78, 5) is 0. The van der Waals surface area contributed by atoms with Gasteiger partial charge in [0.2, 0.25) is 0 Å². The van der Waals surface area contributed by atoms with E-state index in [1.165, 1.54) is 0 Å². The van der Waals surface area contributed by atoms with Crippen LogP contribution in [0.15, 0.2) is 12.1 Å². The van der Waals surface area contributed by atoms with E-state index in [0.717, 1.165) is 32.0 Å². The van der Waals surface area contributed by atoms with E-state index in [1.54, 1.807) is 0 Å². The second kappa shape index (κ2) is 4.74. The standard InChI is InChI=1S/C11H13F3N2/c12-7-5-9(13)11(14)10(6-7)16-8-1-3-15-4-2-8/h5-6,8,15-16H,1-4H2. The molecule has 1 aromatic rings. The van der Waals surface area contributed by atoms with Crippen LogP contribution in [0.1, 0.15) is 12.8 Å². The molecule has 0 saturated carbocycles. The van der Waals surface area contributed by atoms with E-state index >= 15 is 0 Å². The highest BCUT2D eigenvalue weighted by atomic mass is 19.2. The van der Waals surface area contributed by atoms with Gasteiger partial charge in [0.1, 0.15) is 5.82 Å². The van der Waals surface area contributed by atoms with E-state index in [2.05, 4.69) is 10.6 Å². The van der Waals surface area contributed by atoms with E-state index < -0.39 is 17.5 Å². The molecular formula is C11H13F3N2. The topological polar surface area (TPSA) is 24.1 Å². The Morgan fingerprint density at radius 3 is 2.50 bits per heavy atom. The largest absolute Gasteiger partial charge is 0.380 e. The maximum atomic E-state index is 13.3. The van der Waals surface area contributed by atoms with Gasteiger partial charge in [-0.05, 0) is 25.9 Å². The highest BCUT2D eigenvalue weighted by molar-refractivity contribution is 5.46. The van der Waals surface area contributed by atoms with Crippen molar-refractivity contribution in [3.63, 3.8) is 0 Å². The fourth-order valence-electron chi connectivity index (χ4n) is 1.85. The van der Waals surface area contributed by atoms with Crippen LogP contribution < -0.4 is 10.6 Å². The fourth-order valence-corrected chi connectivity index (χ4v) is 1.85. The second-order valence-corrected chi connectivity index (χ2v) is 3.92. The van der Waals surface area contributed by atoms with Crippen molar-refractivity contribution in [2.75, 3.05) is 18.4 Å². The van der Waals surface area contributed by atoms with Crippen molar-refractivity contribution < 1.29 is 13.2 Å². The molecule has 0 radical (unpaired) electrons. The zero-order chi connectivity index (χ0) is 11.5. The summed E-state index contributed by atoms with van der Waals surface area (Å²) in [5.74, 6) is -2.94. The molecule has 0 bridgehead atoms. The van der Waals surface area contributed by atoms with Gasteiger partial charge in [-0.3, -0.25) is 0 Å². The summed E-state index contributed by atoms with van der Waals surface area (Å²) in [5, 5.41) is 5.99. The lowest BCUT2D eigenvalue weighted by Gasteiger charge is -2.24. The number of hydrogen-bond acceptors (Lipinski definition) is 2. The summed E-state index contributed by atoms with van der Waals surface area (Å²) in [5.41, 5.74) is -0.0931. The first-order chi connectivity index (χ1) is 7.66. The van der Waals surface area contributed by atoms with E-state index in [9.17, 15) is 13.2 Å². The Hall–Kier alpha value is -1.23. The Bertz CT molecular complexity index is 376. The molecule has 88 valence electrons. The number of benzene rings is 1. The van der Waals surface area contributed by atoms with Crippen LogP contribution in [-0.2, 0) is 0 Å². The molecule has 16 heavy (non-hydrogen) atoms. The van der Waals surface area contributed by atoms with Crippen LogP contribution in [0.2, 0.25) is 0 Å². The third-order valence-electron chi connectivity index (χ3n) is 2.69. The number of anilines is 1. The molecule has 0 aromatic heterocycles. The first-order valence-electron chi connectivity index (χ1n) is 5.28. The molecule has 0 aliphatic carbocycles. The quantitative estimate of drug-likeness (QED) is 0.761. The van der Waals surface area contributed by atoms with Crippen LogP contribution in [0.25, 0.3) is 0 Å². The van der Waals surface area contributed by atoms with Crippen molar-refractivity contribution in [1.82, 2.24) is 5.32 Å². The average Bonchev–Trinajstić information content (AvgIpc) is 2.27. The van der Waals surface area contributed by atoms with Crippen LogP contribution in [-0.4, -0.2) is 19.1 Å². The van der Waals surface area contributed by atoms with Gasteiger partial charge < -0.3 is 10.6 Å². The van der Waals surface area contributed by atoms with Gasteiger partial charge in [-0.15, -0.1) is 0 Å². The van der Waals surface area contributed by atoms with Crippen molar-refractivity contribution in [1.29, 1.82) is 0 Å². The number of nitrogens with one attached hydrogen (secondary N) is 2. The molecule has 0 amide bonds. The minimum atomic E-state index is -1.16. The third-order valence-corrected chi connectivity index (χ3v) is 2.69. The highest BCUT2D eigenvalue weighted by Gasteiger charge is 2.17. The van der Waals surface area contributed by atoms with Gasteiger partial charge in [0.05, 0.1) is 5.69 Å². The van der Waals surface area contributed by atoms with Gasteiger partial charge in [0.15, 0.2) is 11.6 Å². The second-order valence-electron chi connectivity index (χ2n) is 3.92. The van der Waals surface area contributed by atoms with Gasteiger partial charge in [-0.2, -0.15) is 0 Å². The molecule has 0 spiro atoms. The smallest absolute Gasteiger partial charge is 0.182 e. The third kappa shape index (κ3) is 2.47. The molecule has 1 aliphatic heterocycles. The molecule has 1 aromatic carbocycles.